The van der Waals surface area contributed by atoms with Crippen molar-refractivity contribution >= 4 is 51.2 Å². The summed E-state index contributed by atoms with van der Waals surface area (Å²) in [5.41, 5.74) is 1.52. The number of unbranched alkanes of at least 4 members (excludes halogenated alkanes) is 3. The molecule has 0 radical (unpaired) electrons. The van der Waals surface area contributed by atoms with Crippen LogP contribution in [0.25, 0.3) is 9.75 Å². The summed E-state index contributed by atoms with van der Waals surface area (Å²) in [5, 5.41) is 0. The molecule has 0 unspecified atom stereocenters. The molecule has 0 aliphatic carbocycles. The minimum absolute atomic E-state index is 1.22. The molecular formula is C14H18BBrS2. The molecule has 0 atom stereocenters. The Balaban J connectivity index is 2.10. The van der Waals surface area contributed by atoms with Crippen molar-refractivity contribution in [3.05, 3.63) is 27.5 Å². The summed E-state index contributed by atoms with van der Waals surface area (Å²) in [6, 6.07) is 6.78. The molecule has 0 fully saturated rings. The van der Waals surface area contributed by atoms with Crippen LogP contribution in [0, 0.1) is 0 Å². The molecule has 0 amide bonds. The van der Waals surface area contributed by atoms with E-state index in [-0.39, 0.29) is 0 Å². The summed E-state index contributed by atoms with van der Waals surface area (Å²) in [7, 11) is 2.18. The second-order valence-electron chi connectivity index (χ2n) is 4.63. The van der Waals surface area contributed by atoms with Gasteiger partial charge in [-0.15, -0.1) is 11.3 Å². The number of aryl methyl sites for hydroxylation is 1. The lowest BCUT2D eigenvalue weighted by atomic mass is 10.1. The molecule has 2 aromatic heterocycles. The summed E-state index contributed by atoms with van der Waals surface area (Å²) in [6.45, 7) is 2.26. The fourth-order valence-corrected chi connectivity index (χ4v) is 4.80. The van der Waals surface area contributed by atoms with Gasteiger partial charge in [0.15, 0.2) is 7.85 Å². The second kappa shape index (κ2) is 6.92. The zero-order valence-corrected chi connectivity index (χ0v) is 14.2. The van der Waals surface area contributed by atoms with E-state index in [9.17, 15) is 0 Å². The van der Waals surface area contributed by atoms with E-state index in [4.69, 9.17) is 0 Å². The molecule has 0 aliphatic heterocycles. The van der Waals surface area contributed by atoms with Crippen LogP contribution in [0.3, 0.4) is 0 Å². The summed E-state index contributed by atoms with van der Waals surface area (Å²) >= 11 is 7.41. The predicted octanol–water partition coefficient (Wildman–Crippen LogP) is 4.62. The lowest BCUT2D eigenvalue weighted by molar-refractivity contribution is 0.668. The lowest BCUT2D eigenvalue weighted by Crippen LogP contribution is -1.89. The van der Waals surface area contributed by atoms with Crippen LogP contribution in [0.4, 0.5) is 0 Å². The van der Waals surface area contributed by atoms with E-state index in [0.29, 0.717) is 0 Å². The molecule has 0 spiro atoms. The highest BCUT2D eigenvalue weighted by atomic mass is 79.9. The van der Waals surface area contributed by atoms with Gasteiger partial charge >= 0.3 is 0 Å². The number of halogens is 1. The van der Waals surface area contributed by atoms with E-state index in [1.807, 2.05) is 22.7 Å². The van der Waals surface area contributed by atoms with Crippen molar-refractivity contribution in [3.63, 3.8) is 0 Å². The largest absolute Gasteiger partial charge is 0.152 e. The van der Waals surface area contributed by atoms with Gasteiger partial charge in [0.05, 0.1) is 3.79 Å². The van der Waals surface area contributed by atoms with Gasteiger partial charge in [-0.2, -0.15) is 11.3 Å². The minimum Gasteiger partial charge on any atom is -0.150 e. The summed E-state index contributed by atoms with van der Waals surface area (Å²) in [6.07, 6.45) is 6.55. The molecule has 0 bridgehead atoms. The maximum atomic E-state index is 3.63. The zero-order chi connectivity index (χ0) is 13.0. The molecule has 4 heteroatoms. The standard InChI is InChI=1S/C14H18BBrS2/c1-2-3-4-5-6-10-9-13(16)18-14(10)11-7-8-12(15)17-11/h7-9H,2-6,15H2,1H3. The van der Waals surface area contributed by atoms with E-state index < -0.39 is 0 Å². The maximum Gasteiger partial charge on any atom is 0.152 e. The molecule has 0 saturated heterocycles. The third-order valence-corrected chi connectivity index (χ3v) is 5.90. The third-order valence-electron chi connectivity index (χ3n) is 3.04. The van der Waals surface area contributed by atoms with Gasteiger partial charge in [-0.3, -0.25) is 0 Å². The van der Waals surface area contributed by atoms with Crippen LogP contribution < -0.4 is 4.78 Å². The Labute approximate surface area is 127 Å². The Hall–Kier alpha value is -0.0551. The van der Waals surface area contributed by atoms with Crippen molar-refractivity contribution in [1.29, 1.82) is 0 Å². The molecule has 2 rings (SSSR count). The van der Waals surface area contributed by atoms with E-state index in [0.717, 1.165) is 0 Å². The molecule has 96 valence electrons. The van der Waals surface area contributed by atoms with Crippen molar-refractivity contribution in [2.24, 2.45) is 0 Å². The van der Waals surface area contributed by atoms with Gasteiger partial charge in [-0.25, -0.2) is 0 Å². The highest BCUT2D eigenvalue weighted by Crippen LogP contribution is 2.38. The Morgan fingerprint density at radius 2 is 2.00 bits per heavy atom. The highest BCUT2D eigenvalue weighted by Gasteiger charge is 2.11. The number of hydrogen-bond acceptors (Lipinski definition) is 2. The van der Waals surface area contributed by atoms with Gasteiger partial charge in [0.1, 0.15) is 0 Å². The van der Waals surface area contributed by atoms with Gasteiger partial charge in [0, 0.05) is 9.75 Å². The maximum absolute atomic E-state index is 3.63. The highest BCUT2D eigenvalue weighted by molar-refractivity contribution is 9.11. The Morgan fingerprint density at radius 3 is 2.67 bits per heavy atom. The molecule has 0 nitrogen and oxygen atoms in total. The number of thiophene rings is 2. The van der Waals surface area contributed by atoms with Crippen LogP contribution in [0.2, 0.25) is 0 Å². The Bertz CT molecular complexity index is 502. The van der Waals surface area contributed by atoms with Gasteiger partial charge in [-0.1, -0.05) is 32.3 Å². The number of rotatable bonds is 6. The topological polar surface area (TPSA) is 0 Å². The van der Waals surface area contributed by atoms with E-state index in [1.165, 1.54) is 56.0 Å². The fraction of sp³-hybridized carbons (Fsp3) is 0.429. The van der Waals surface area contributed by atoms with Crippen LogP contribution in [-0.4, -0.2) is 7.85 Å². The van der Waals surface area contributed by atoms with Gasteiger partial charge in [-0.05, 0) is 51.2 Å². The summed E-state index contributed by atoms with van der Waals surface area (Å²) in [5.74, 6) is 0. The average molecular weight is 341 g/mol. The first-order valence-electron chi connectivity index (χ1n) is 6.55. The van der Waals surface area contributed by atoms with E-state index in [1.54, 1.807) is 0 Å². The lowest BCUT2D eigenvalue weighted by Gasteiger charge is -2.01. The number of hydrogen-bond donors (Lipinski definition) is 0. The van der Waals surface area contributed by atoms with E-state index in [2.05, 4.69) is 48.9 Å². The Morgan fingerprint density at radius 1 is 1.17 bits per heavy atom. The molecule has 2 heterocycles. The second-order valence-corrected chi connectivity index (χ2v) is 8.35. The molecular weight excluding hydrogens is 323 g/mol. The first kappa shape index (κ1) is 14.4. The van der Waals surface area contributed by atoms with Crippen LogP contribution >= 0.6 is 38.6 Å². The quantitative estimate of drug-likeness (QED) is 0.531. The molecule has 0 aliphatic rings. The molecule has 0 aromatic carbocycles. The minimum atomic E-state index is 1.22. The average Bonchev–Trinajstić information content (AvgIpc) is 2.91. The van der Waals surface area contributed by atoms with Gasteiger partial charge in [0.2, 0.25) is 0 Å². The van der Waals surface area contributed by atoms with Gasteiger partial charge < -0.3 is 0 Å². The molecule has 18 heavy (non-hydrogen) atoms. The first-order valence-corrected chi connectivity index (χ1v) is 8.98. The van der Waals surface area contributed by atoms with Crippen molar-refractivity contribution in [1.82, 2.24) is 0 Å². The SMILES string of the molecule is Bc1ccc(-c2sc(Br)cc2CCCCCC)s1. The molecule has 2 aromatic rings. The van der Waals surface area contributed by atoms with Crippen molar-refractivity contribution < 1.29 is 0 Å². The monoisotopic (exact) mass is 340 g/mol. The van der Waals surface area contributed by atoms with Crippen LogP contribution in [0.5, 0.6) is 0 Å². The predicted molar refractivity (Wildman–Crippen MR) is 91.4 cm³/mol. The van der Waals surface area contributed by atoms with Crippen molar-refractivity contribution in [2.45, 2.75) is 39.0 Å². The van der Waals surface area contributed by atoms with Crippen LogP contribution in [-0.2, 0) is 6.42 Å². The summed E-state index contributed by atoms with van der Waals surface area (Å²) < 4.78 is 2.65. The third kappa shape index (κ3) is 3.72. The van der Waals surface area contributed by atoms with E-state index >= 15 is 0 Å². The van der Waals surface area contributed by atoms with Crippen molar-refractivity contribution in [3.8, 4) is 9.75 Å². The first-order chi connectivity index (χ1) is 8.70. The normalized spacial score (nSPS) is 11.0. The Kier molecular flexibility index (Phi) is 5.52. The molecule has 0 saturated carbocycles. The van der Waals surface area contributed by atoms with Gasteiger partial charge in [0.25, 0.3) is 0 Å². The van der Waals surface area contributed by atoms with Crippen LogP contribution in [0.1, 0.15) is 38.2 Å². The van der Waals surface area contributed by atoms with Crippen molar-refractivity contribution in [2.75, 3.05) is 0 Å². The zero-order valence-electron chi connectivity index (χ0n) is 11.0. The molecule has 0 N–H and O–H groups in total. The smallest absolute Gasteiger partial charge is 0.150 e. The van der Waals surface area contributed by atoms with Crippen LogP contribution in [0.15, 0.2) is 22.0 Å². The fourth-order valence-electron chi connectivity index (χ4n) is 2.09. The summed E-state index contributed by atoms with van der Waals surface area (Å²) in [4.78, 5) is 2.89.